The van der Waals surface area contributed by atoms with Gasteiger partial charge < -0.3 is 19.2 Å². The van der Waals surface area contributed by atoms with E-state index in [2.05, 4.69) is 4.98 Å². The van der Waals surface area contributed by atoms with Gasteiger partial charge in [-0.3, -0.25) is 4.79 Å². The summed E-state index contributed by atoms with van der Waals surface area (Å²) in [4.78, 5) is 27.7. The fourth-order valence-corrected chi connectivity index (χ4v) is 3.64. The van der Waals surface area contributed by atoms with Crippen LogP contribution in [0, 0.1) is 0 Å². The lowest BCUT2D eigenvalue weighted by atomic mass is 10.0. The van der Waals surface area contributed by atoms with Gasteiger partial charge >= 0.3 is 5.97 Å². The van der Waals surface area contributed by atoms with E-state index in [-0.39, 0.29) is 5.57 Å². The van der Waals surface area contributed by atoms with E-state index in [1.165, 1.54) is 7.11 Å². The van der Waals surface area contributed by atoms with Crippen LogP contribution in [0.15, 0.2) is 72.8 Å². The smallest absolute Gasteiger partial charge is 0.340 e. The number of nitrogens with one attached hydrogen (secondary N) is 1. The Morgan fingerprint density at radius 1 is 0.939 bits per heavy atom. The Bertz CT molecular complexity index is 1320. The maximum atomic E-state index is 12.7. The molecule has 0 spiro atoms. The minimum absolute atomic E-state index is 0.232. The van der Waals surface area contributed by atoms with Crippen molar-refractivity contribution in [3.63, 3.8) is 0 Å². The summed E-state index contributed by atoms with van der Waals surface area (Å²) in [7, 11) is 2.86. The Hall–Kier alpha value is -4.32. The summed E-state index contributed by atoms with van der Waals surface area (Å²) < 4.78 is 16.4. The molecule has 6 heteroatoms. The first-order valence-corrected chi connectivity index (χ1v) is 10.4. The van der Waals surface area contributed by atoms with Gasteiger partial charge in [-0.1, -0.05) is 54.6 Å². The second kappa shape index (κ2) is 9.87. The number of H-pyrrole nitrogens is 1. The summed E-state index contributed by atoms with van der Waals surface area (Å²) in [6.07, 6.45) is 2.40. The predicted molar refractivity (Wildman–Crippen MR) is 127 cm³/mol. The quantitative estimate of drug-likeness (QED) is 0.229. The number of para-hydroxylation sites is 1. The highest BCUT2D eigenvalue weighted by Crippen LogP contribution is 2.32. The zero-order valence-electron chi connectivity index (χ0n) is 18.3. The van der Waals surface area contributed by atoms with E-state index in [0.29, 0.717) is 34.9 Å². The van der Waals surface area contributed by atoms with Crippen LogP contribution >= 0.6 is 0 Å². The third-order valence-corrected chi connectivity index (χ3v) is 5.27. The summed E-state index contributed by atoms with van der Waals surface area (Å²) in [6.45, 7) is 0.400. The Morgan fingerprint density at radius 3 is 2.42 bits per heavy atom. The number of esters is 1. The fraction of sp³-hybridized carbons (Fsp3) is 0.111. The first kappa shape index (κ1) is 21.9. The first-order chi connectivity index (χ1) is 16.1. The van der Waals surface area contributed by atoms with Crippen molar-refractivity contribution in [1.29, 1.82) is 0 Å². The van der Waals surface area contributed by atoms with E-state index >= 15 is 0 Å². The zero-order valence-corrected chi connectivity index (χ0v) is 18.3. The second-order valence-electron chi connectivity index (χ2n) is 7.31. The highest BCUT2D eigenvalue weighted by atomic mass is 16.5. The summed E-state index contributed by atoms with van der Waals surface area (Å²) in [5, 5.41) is 0.736. The summed E-state index contributed by atoms with van der Waals surface area (Å²) in [6, 6.07) is 22.6. The highest BCUT2D eigenvalue weighted by Gasteiger charge is 2.21. The Balaban J connectivity index is 1.71. The summed E-state index contributed by atoms with van der Waals surface area (Å²) in [5.41, 5.74) is 3.52. The van der Waals surface area contributed by atoms with E-state index in [1.54, 1.807) is 25.3 Å². The Labute approximate surface area is 191 Å². The van der Waals surface area contributed by atoms with Crippen LogP contribution < -0.4 is 9.47 Å². The molecule has 1 aromatic heterocycles. The van der Waals surface area contributed by atoms with Crippen LogP contribution in [0.3, 0.4) is 0 Å². The molecule has 3 aromatic carbocycles. The van der Waals surface area contributed by atoms with Gasteiger partial charge in [-0.25, -0.2) is 4.79 Å². The van der Waals surface area contributed by atoms with E-state index in [0.717, 1.165) is 22.8 Å². The van der Waals surface area contributed by atoms with Crippen LogP contribution in [0.2, 0.25) is 0 Å². The minimum atomic E-state index is -0.562. The van der Waals surface area contributed by atoms with Crippen molar-refractivity contribution in [2.24, 2.45) is 0 Å². The molecule has 0 aliphatic carbocycles. The monoisotopic (exact) mass is 441 g/mol. The zero-order chi connectivity index (χ0) is 23.2. The number of hydrogen-bond donors (Lipinski definition) is 1. The van der Waals surface area contributed by atoms with Crippen molar-refractivity contribution in [2.45, 2.75) is 6.61 Å². The molecular weight excluding hydrogens is 418 g/mol. The summed E-state index contributed by atoms with van der Waals surface area (Å²) >= 11 is 0. The lowest BCUT2D eigenvalue weighted by Gasteiger charge is -2.12. The second-order valence-corrected chi connectivity index (χ2v) is 7.31. The molecule has 1 heterocycles. The molecule has 0 fully saturated rings. The topological polar surface area (TPSA) is 77.6 Å². The highest BCUT2D eigenvalue weighted by molar-refractivity contribution is 6.24. The summed E-state index contributed by atoms with van der Waals surface area (Å²) in [5.74, 6) is 0.543. The number of rotatable bonds is 8. The minimum Gasteiger partial charge on any atom is -0.493 e. The van der Waals surface area contributed by atoms with Crippen LogP contribution in [0.5, 0.6) is 11.5 Å². The van der Waals surface area contributed by atoms with Crippen LogP contribution in [0.4, 0.5) is 0 Å². The number of aromatic nitrogens is 1. The molecule has 0 atom stereocenters. The largest absolute Gasteiger partial charge is 0.493 e. The Morgan fingerprint density at radius 2 is 1.70 bits per heavy atom. The maximum Gasteiger partial charge on any atom is 0.340 e. The van der Waals surface area contributed by atoms with Crippen molar-refractivity contribution < 1.29 is 23.8 Å². The normalized spacial score (nSPS) is 11.3. The molecular formula is C27H23NO5. The van der Waals surface area contributed by atoms with Gasteiger partial charge in [0.25, 0.3) is 0 Å². The number of benzene rings is 3. The van der Waals surface area contributed by atoms with Gasteiger partial charge in [0.2, 0.25) is 0 Å². The van der Waals surface area contributed by atoms with Crippen LogP contribution in [0.25, 0.3) is 22.6 Å². The number of carbonyl (C=O) groups excluding carboxylic acids is 2. The third kappa shape index (κ3) is 4.65. The molecule has 33 heavy (non-hydrogen) atoms. The molecule has 0 bridgehead atoms. The van der Waals surface area contributed by atoms with Crippen molar-refractivity contribution >= 4 is 34.8 Å². The maximum absolute atomic E-state index is 12.7. The number of aldehydes is 1. The lowest BCUT2D eigenvalue weighted by Crippen LogP contribution is -2.06. The molecule has 0 radical (unpaired) electrons. The van der Waals surface area contributed by atoms with Gasteiger partial charge in [0.1, 0.15) is 6.61 Å². The number of hydrogen-bond acceptors (Lipinski definition) is 5. The molecule has 6 nitrogen and oxygen atoms in total. The van der Waals surface area contributed by atoms with Gasteiger partial charge in [0.15, 0.2) is 17.8 Å². The average Bonchev–Trinajstić information content (AvgIpc) is 3.24. The molecule has 0 saturated carbocycles. The van der Waals surface area contributed by atoms with Gasteiger partial charge in [-0.15, -0.1) is 0 Å². The number of fused-ring (bicyclic) bond motifs is 1. The van der Waals surface area contributed by atoms with Gasteiger partial charge in [-0.2, -0.15) is 0 Å². The van der Waals surface area contributed by atoms with Crippen molar-refractivity contribution in [2.75, 3.05) is 14.2 Å². The standard InChI is InChI=1S/C27H23NO5/c1-31-25-15-19(12-13-24(25)33-17-18-8-4-3-5-9-18)14-21(27(30)32-2)26-22(16-29)20-10-6-7-11-23(20)28-26/h3-16,28H,17H2,1-2H3/b21-14-. The molecule has 0 aliphatic rings. The SMILES string of the molecule is COC(=O)/C(=C\c1ccc(OCc2ccccc2)c(OC)c1)c1[nH]c2ccccc2c1C=O. The number of carbonyl (C=O) groups is 2. The molecule has 0 saturated heterocycles. The number of methoxy groups -OCH3 is 2. The molecule has 0 aliphatic heterocycles. The van der Waals surface area contributed by atoms with Crippen molar-refractivity contribution in [1.82, 2.24) is 4.98 Å². The van der Waals surface area contributed by atoms with Crippen molar-refractivity contribution in [3.05, 3.63) is 95.2 Å². The molecule has 1 N–H and O–H groups in total. The van der Waals surface area contributed by atoms with E-state index in [9.17, 15) is 9.59 Å². The van der Waals surface area contributed by atoms with Crippen molar-refractivity contribution in [3.8, 4) is 11.5 Å². The van der Waals surface area contributed by atoms with Gasteiger partial charge in [0, 0.05) is 16.5 Å². The lowest BCUT2D eigenvalue weighted by molar-refractivity contribution is -0.133. The first-order valence-electron chi connectivity index (χ1n) is 10.4. The van der Waals surface area contributed by atoms with E-state index in [4.69, 9.17) is 14.2 Å². The fourth-order valence-electron chi connectivity index (χ4n) is 3.64. The molecule has 0 amide bonds. The van der Waals surface area contributed by atoms with E-state index in [1.807, 2.05) is 60.7 Å². The molecule has 166 valence electrons. The predicted octanol–water partition coefficient (Wildman–Crippen LogP) is 5.28. The van der Waals surface area contributed by atoms with Gasteiger partial charge in [-0.05, 0) is 35.4 Å². The number of aromatic amines is 1. The van der Waals surface area contributed by atoms with Crippen LogP contribution in [0.1, 0.15) is 27.2 Å². The molecule has 4 rings (SSSR count). The van der Waals surface area contributed by atoms with Crippen LogP contribution in [-0.4, -0.2) is 31.5 Å². The van der Waals surface area contributed by atoms with Crippen LogP contribution in [-0.2, 0) is 16.1 Å². The third-order valence-electron chi connectivity index (χ3n) is 5.27. The molecule has 0 unspecified atom stereocenters. The van der Waals surface area contributed by atoms with Gasteiger partial charge in [0.05, 0.1) is 25.5 Å². The van der Waals surface area contributed by atoms with E-state index < -0.39 is 5.97 Å². The Kier molecular flexibility index (Phi) is 6.55. The average molecular weight is 441 g/mol. The number of ether oxygens (including phenoxy) is 3. The molecule has 4 aromatic rings.